The second-order valence-corrected chi connectivity index (χ2v) is 2.71. The molecule has 1 heterocycles. The molecular weight excluding hydrogens is 170 g/mol. The average molecular weight is 177 g/mol. The Bertz CT molecular complexity index is 475. The molecule has 1 aromatic heterocycles. The Kier molecular flexibility index (Phi) is 1.45. The van der Waals surface area contributed by atoms with E-state index >= 15 is 0 Å². The van der Waals surface area contributed by atoms with Crippen LogP contribution < -0.4 is 5.73 Å². The van der Waals surface area contributed by atoms with E-state index in [2.05, 4.69) is 10.2 Å². The van der Waals surface area contributed by atoms with Crippen molar-refractivity contribution in [2.24, 2.45) is 5.18 Å². The maximum atomic E-state index is 10.2. The molecule has 0 aliphatic rings. The fourth-order valence-electron chi connectivity index (χ4n) is 1.24. The number of hydrogen-bond acceptors (Lipinski definition) is 4. The smallest absolute Gasteiger partial charge is 0.213 e. The minimum Gasteiger partial charge on any atom is -0.493 e. The lowest BCUT2D eigenvalue weighted by Crippen LogP contribution is -1.80. The number of H-pyrrole nitrogens is 1. The number of benzene rings is 1. The minimum atomic E-state index is -0.0851. The van der Waals surface area contributed by atoms with Crippen LogP contribution >= 0.6 is 0 Å². The molecule has 0 aliphatic heterocycles. The zero-order chi connectivity index (χ0) is 9.42. The summed E-state index contributed by atoms with van der Waals surface area (Å²) in [6.07, 6.45) is 0. The Labute approximate surface area is 73.2 Å². The van der Waals surface area contributed by atoms with E-state index in [4.69, 9.17) is 5.73 Å². The van der Waals surface area contributed by atoms with Crippen molar-refractivity contribution < 1.29 is 5.11 Å². The molecule has 0 radical (unpaired) electrons. The van der Waals surface area contributed by atoms with Crippen LogP contribution in [0.15, 0.2) is 23.4 Å². The molecule has 2 aromatic rings. The third-order valence-electron chi connectivity index (χ3n) is 1.91. The van der Waals surface area contributed by atoms with Crippen LogP contribution in [-0.4, -0.2) is 10.1 Å². The fourth-order valence-corrected chi connectivity index (χ4v) is 1.24. The van der Waals surface area contributed by atoms with E-state index in [1.807, 2.05) is 0 Å². The number of nitrogen functional groups attached to an aromatic ring is 1. The highest BCUT2D eigenvalue weighted by molar-refractivity contribution is 5.96. The number of fused-ring (bicyclic) bond motifs is 1. The summed E-state index contributed by atoms with van der Waals surface area (Å²) in [4.78, 5) is 12.9. The lowest BCUT2D eigenvalue weighted by atomic mass is 10.2. The predicted octanol–water partition coefficient (Wildman–Crippen LogP) is 1.85. The van der Waals surface area contributed by atoms with Crippen LogP contribution in [0.1, 0.15) is 0 Å². The van der Waals surface area contributed by atoms with Crippen molar-refractivity contribution in [2.75, 3.05) is 5.73 Å². The van der Waals surface area contributed by atoms with E-state index in [0.29, 0.717) is 16.6 Å². The first kappa shape index (κ1) is 7.60. The second kappa shape index (κ2) is 2.48. The largest absolute Gasteiger partial charge is 0.493 e. The van der Waals surface area contributed by atoms with Crippen LogP contribution in [0.2, 0.25) is 0 Å². The van der Waals surface area contributed by atoms with E-state index in [0.717, 1.165) is 0 Å². The molecule has 0 amide bonds. The Hall–Kier alpha value is -2.04. The number of nitrogens with two attached hydrogens (primary N) is 1. The summed E-state index contributed by atoms with van der Waals surface area (Å²) in [5, 5.41) is 12.6. The molecule has 13 heavy (non-hydrogen) atoms. The van der Waals surface area contributed by atoms with Gasteiger partial charge in [-0.05, 0) is 23.4 Å². The van der Waals surface area contributed by atoms with Gasteiger partial charge in [-0.25, -0.2) is 0 Å². The summed E-state index contributed by atoms with van der Waals surface area (Å²) in [6.45, 7) is 0. The number of anilines is 1. The van der Waals surface area contributed by atoms with Gasteiger partial charge in [0.1, 0.15) is 11.4 Å². The highest BCUT2D eigenvalue weighted by Crippen LogP contribution is 2.31. The van der Waals surface area contributed by atoms with Crippen molar-refractivity contribution in [1.29, 1.82) is 0 Å². The van der Waals surface area contributed by atoms with E-state index < -0.39 is 0 Å². The molecule has 0 bridgehead atoms. The highest BCUT2D eigenvalue weighted by atomic mass is 16.3. The summed E-state index contributed by atoms with van der Waals surface area (Å²) in [5.41, 5.74) is 6.75. The molecule has 5 heteroatoms. The van der Waals surface area contributed by atoms with Gasteiger partial charge in [0.25, 0.3) is 0 Å². The van der Waals surface area contributed by atoms with Crippen molar-refractivity contribution in [3.05, 3.63) is 23.1 Å². The minimum absolute atomic E-state index is 0.0851. The third kappa shape index (κ3) is 1.01. The highest BCUT2D eigenvalue weighted by Gasteiger charge is 2.07. The van der Waals surface area contributed by atoms with E-state index in [-0.39, 0.29) is 11.6 Å². The predicted molar refractivity (Wildman–Crippen MR) is 49.8 cm³/mol. The SMILES string of the molecule is Nc1c(O)[nH]c2ccc(N=O)cc12. The Morgan fingerprint density at radius 3 is 2.92 bits per heavy atom. The normalized spacial score (nSPS) is 10.5. The molecule has 0 fully saturated rings. The van der Waals surface area contributed by atoms with Gasteiger partial charge in [0.2, 0.25) is 5.88 Å². The fraction of sp³-hybridized carbons (Fsp3) is 0. The molecule has 0 atom stereocenters. The van der Waals surface area contributed by atoms with Crippen LogP contribution in [-0.2, 0) is 0 Å². The molecule has 0 aliphatic carbocycles. The quantitative estimate of drug-likeness (QED) is 0.580. The molecule has 2 rings (SSSR count). The second-order valence-electron chi connectivity index (χ2n) is 2.71. The Morgan fingerprint density at radius 2 is 2.23 bits per heavy atom. The number of hydrogen-bond donors (Lipinski definition) is 3. The Balaban J connectivity index is 2.81. The molecule has 0 saturated carbocycles. The number of aromatic amines is 1. The standard InChI is InChI=1S/C8H7N3O2/c9-7-5-3-4(11-13)1-2-6(5)10-8(7)12/h1-3,10,12H,9H2. The molecule has 0 saturated heterocycles. The van der Waals surface area contributed by atoms with E-state index in [1.54, 1.807) is 12.1 Å². The lowest BCUT2D eigenvalue weighted by molar-refractivity contribution is 0.461. The molecule has 0 unspecified atom stereocenters. The number of nitrogens with zero attached hydrogens (tertiary/aromatic N) is 1. The van der Waals surface area contributed by atoms with Gasteiger partial charge in [0, 0.05) is 5.39 Å². The zero-order valence-corrected chi connectivity index (χ0v) is 6.61. The van der Waals surface area contributed by atoms with E-state index in [9.17, 15) is 10.0 Å². The summed E-state index contributed by atoms with van der Waals surface area (Å²) in [5.74, 6) is -0.0851. The molecule has 1 aromatic carbocycles. The molecule has 0 spiro atoms. The van der Waals surface area contributed by atoms with Crippen molar-refractivity contribution >= 4 is 22.3 Å². The number of aromatic nitrogens is 1. The van der Waals surface area contributed by atoms with Gasteiger partial charge in [-0.3, -0.25) is 0 Å². The number of aromatic hydroxyl groups is 1. The molecule has 66 valence electrons. The monoisotopic (exact) mass is 177 g/mol. The summed E-state index contributed by atoms with van der Waals surface area (Å²) in [7, 11) is 0. The number of nitrogens with one attached hydrogen (secondary N) is 1. The van der Waals surface area contributed by atoms with Crippen LogP contribution in [0, 0.1) is 4.91 Å². The molecule has 4 N–H and O–H groups in total. The van der Waals surface area contributed by atoms with Gasteiger partial charge < -0.3 is 15.8 Å². The first-order chi connectivity index (χ1) is 6.22. The zero-order valence-electron chi connectivity index (χ0n) is 6.61. The van der Waals surface area contributed by atoms with Gasteiger partial charge >= 0.3 is 0 Å². The van der Waals surface area contributed by atoms with Gasteiger partial charge in [0.15, 0.2) is 0 Å². The van der Waals surface area contributed by atoms with Crippen LogP contribution in [0.25, 0.3) is 10.9 Å². The van der Waals surface area contributed by atoms with E-state index in [1.165, 1.54) is 6.07 Å². The molecular formula is C8H7N3O2. The van der Waals surface area contributed by atoms with Gasteiger partial charge in [-0.1, -0.05) is 0 Å². The maximum absolute atomic E-state index is 10.2. The van der Waals surface area contributed by atoms with Crippen LogP contribution in [0.3, 0.4) is 0 Å². The Morgan fingerprint density at radius 1 is 1.46 bits per heavy atom. The lowest BCUT2D eigenvalue weighted by Gasteiger charge is -1.91. The number of nitroso groups, excluding NO2 is 1. The van der Waals surface area contributed by atoms with Gasteiger partial charge in [0.05, 0.1) is 5.52 Å². The van der Waals surface area contributed by atoms with Crippen molar-refractivity contribution in [1.82, 2.24) is 4.98 Å². The van der Waals surface area contributed by atoms with Crippen LogP contribution in [0.5, 0.6) is 5.88 Å². The molecule has 5 nitrogen and oxygen atoms in total. The van der Waals surface area contributed by atoms with Crippen molar-refractivity contribution in [3.63, 3.8) is 0 Å². The first-order valence-corrected chi connectivity index (χ1v) is 3.66. The maximum Gasteiger partial charge on any atom is 0.213 e. The van der Waals surface area contributed by atoms with Gasteiger partial charge in [-0.15, -0.1) is 4.91 Å². The topological polar surface area (TPSA) is 91.5 Å². The van der Waals surface area contributed by atoms with Crippen molar-refractivity contribution in [2.45, 2.75) is 0 Å². The van der Waals surface area contributed by atoms with Crippen molar-refractivity contribution in [3.8, 4) is 5.88 Å². The average Bonchev–Trinajstić information content (AvgIpc) is 2.43. The third-order valence-corrected chi connectivity index (χ3v) is 1.91. The summed E-state index contributed by atoms with van der Waals surface area (Å²) < 4.78 is 0. The summed E-state index contributed by atoms with van der Waals surface area (Å²) in [6, 6.07) is 4.71. The first-order valence-electron chi connectivity index (χ1n) is 3.66. The summed E-state index contributed by atoms with van der Waals surface area (Å²) >= 11 is 0. The van der Waals surface area contributed by atoms with Crippen LogP contribution in [0.4, 0.5) is 11.4 Å². The number of rotatable bonds is 1. The van der Waals surface area contributed by atoms with Gasteiger partial charge in [-0.2, -0.15) is 0 Å².